The zero-order valence-corrected chi connectivity index (χ0v) is 12.4. The van der Waals surface area contributed by atoms with Crippen LogP contribution in [0.15, 0.2) is 30.6 Å². The molecular formula is C14H19N5O2. The Balaban J connectivity index is 2.15. The van der Waals surface area contributed by atoms with Gasteiger partial charge in [-0.1, -0.05) is 12.1 Å². The summed E-state index contributed by atoms with van der Waals surface area (Å²) in [6.45, 7) is 1.35. The summed E-state index contributed by atoms with van der Waals surface area (Å²) in [5.41, 5.74) is 2.68. The highest BCUT2D eigenvalue weighted by Crippen LogP contribution is 2.28. The number of hydrogen-bond acceptors (Lipinski definition) is 5. The van der Waals surface area contributed by atoms with Gasteiger partial charge in [-0.3, -0.25) is 19.7 Å². The molecule has 0 fully saturated rings. The fourth-order valence-electron chi connectivity index (χ4n) is 2.37. The fourth-order valence-corrected chi connectivity index (χ4v) is 2.37. The van der Waals surface area contributed by atoms with Crippen molar-refractivity contribution in [3.8, 4) is 0 Å². The van der Waals surface area contributed by atoms with E-state index in [4.69, 9.17) is 0 Å². The first-order chi connectivity index (χ1) is 10.0. The molecule has 0 saturated heterocycles. The average Bonchev–Trinajstić information content (AvgIpc) is 2.83. The van der Waals surface area contributed by atoms with Gasteiger partial charge in [0.05, 0.1) is 11.1 Å². The van der Waals surface area contributed by atoms with Crippen molar-refractivity contribution in [1.29, 1.82) is 0 Å². The Hall–Kier alpha value is -2.41. The molecule has 0 radical (unpaired) electrons. The SMILES string of the molecule is CNc1c(CN(C)Cc2cnn(C)c2)cccc1[N+](=O)[O-]. The van der Waals surface area contributed by atoms with Crippen LogP contribution < -0.4 is 5.32 Å². The Kier molecular flexibility index (Phi) is 4.54. The molecule has 2 aromatic rings. The van der Waals surface area contributed by atoms with Gasteiger partial charge < -0.3 is 5.32 Å². The summed E-state index contributed by atoms with van der Waals surface area (Å²) in [5.74, 6) is 0. The van der Waals surface area contributed by atoms with Crippen molar-refractivity contribution >= 4 is 11.4 Å². The zero-order valence-electron chi connectivity index (χ0n) is 12.4. The third-order valence-electron chi connectivity index (χ3n) is 3.23. The van der Waals surface area contributed by atoms with E-state index < -0.39 is 0 Å². The lowest BCUT2D eigenvalue weighted by atomic mass is 10.1. The smallest absolute Gasteiger partial charge is 0.292 e. The number of aryl methyl sites for hydroxylation is 1. The summed E-state index contributed by atoms with van der Waals surface area (Å²) < 4.78 is 1.76. The number of para-hydroxylation sites is 1. The quantitative estimate of drug-likeness (QED) is 0.650. The van der Waals surface area contributed by atoms with Crippen LogP contribution in [-0.2, 0) is 20.1 Å². The molecule has 0 bridgehead atoms. The van der Waals surface area contributed by atoms with E-state index in [1.54, 1.807) is 17.8 Å². The fraction of sp³-hybridized carbons (Fsp3) is 0.357. The number of anilines is 1. The van der Waals surface area contributed by atoms with Crippen LogP contribution in [0.4, 0.5) is 11.4 Å². The van der Waals surface area contributed by atoms with Crippen LogP contribution in [0, 0.1) is 10.1 Å². The van der Waals surface area contributed by atoms with Gasteiger partial charge in [-0.2, -0.15) is 5.10 Å². The van der Waals surface area contributed by atoms with Gasteiger partial charge in [-0.05, 0) is 12.6 Å². The van der Waals surface area contributed by atoms with Crippen molar-refractivity contribution < 1.29 is 4.92 Å². The maximum absolute atomic E-state index is 11.1. The van der Waals surface area contributed by atoms with Gasteiger partial charge in [-0.15, -0.1) is 0 Å². The van der Waals surface area contributed by atoms with Crippen molar-refractivity contribution in [2.75, 3.05) is 19.4 Å². The van der Waals surface area contributed by atoms with Crippen molar-refractivity contribution in [1.82, 2.24) is 14.7 Å². The predicted octanol–water partition coefficient (Wildman–Crippen LogP) is 2.00. The van der Waals surface area contributed by atoms with Crippen molar-refractivity contribution in [3.63, 3.8) is 0 Å². The number of nitro groups is 1. The van der Waals surface area contributed by atoms with Gasteiger partial charge >= 0.3 is 0 Å². The van der Waals surface area contributed by atoms with Crippen LogP contribution in [0.25, 0.3) is 0 Å². The Labute approximate surface area is 123 Å². The van der Waals surface area contributed by atoms with Crippen molar-refractivity contribution in [2.24, 2.45) is 7.05 Å². The second kappa shape index (κ2) is 6.36. The normalized spacial score (nSPS) is 10.9. The van der Waals surface area contributed by atoms with E-state index in [1.807, 2.05) is 32.6 Å². The minimum atomic E-state index is -0.365. The van der Waals surface area contributed by atoms with Gasteiger partial charge in [0.1, 0.15) is 5.69 Å². The molecule has 112 valence electrons. The lowest BCUT2D eigenvalue weighted by molar-refractivity contribution is -0.384. The monoisotopic (exact) mass is 289 g/mol. The second-order valence-corrected chi connectivity index (χ2v) is 5.01. The van der Waals surface area contributed by atoms with Gasteiger partial charge in [0.25, 0.3) is 5.69 Å². The molecule has 21 heavy (non-hydrogen) atoms. The zero-order chi connectivity index (χ0) is 15.4. The first kappa shape index (κ1) is 15.0. The van der Waals surface area contributed by atoms with E-state index in [-0.39, 0.29) is 10.6 Å². The van der Waals surface area contributed by atoms with Gasteiger partial charge in [0.2, 0.25) is 0 Å². The lowest BCUT2D eigenvalue weighted by Gasteiger charge is -2.18. The molecule has 0 spiro atoms. The summed E-state index contributed by atoms with van der Waals surface area (Å²) in [7, 11) is 5.56. The molecule has 7 nitrogen and oxygen atoms in total. The minimum Gasteiger partial charge on any atom is -0.382 e. The van der Waals surface area contributed by atoms with Crippen molar-refractivity contribution in [2.45, 2.75) is 13.1 Å². The lowest BCUT2D eigenvalue weighted by Crippen LogP contribution is -2.18. The highest BCUT2D eigenvalue weighted by atomic mass is 16.6. The molecular weight excluding hydrogens is 270 g/mol. The van der Waals surface area contributed by atoms with E-state index >= 15 is 0 Å². The molecule has 1 N–H and O–H groups in total. The maximum Gasteiger partial charge on any atom is 0.292 e. The number of rotatable bonds is 6. The molecule has 0 unspecified atom stereocenters. The minimum absolute atomic E-state index is 0.102. The Bertz CT molecular complexity index is 638. The topological polar surface area (TPSA) is 76.2 Å². The van der Waals surface area contributed by atoms with Crippen LogP contribution in [0.2, 0.25) is 0 Å². The third kappa shape index (κ3) is 3.57. The van der Waals surface area contributed by atoms with Crippen LogP contribution in [-0.4, -0.2) is 33.7 Å². The van der Waals surface area contributed by atoms with Crippen LogP contribution in [0.5, 0.6) is 0 Å². The largest absolute Gasteiger partial charge is 0.382 e. The molecule has 1 heterocycles. The Morgan fingerprint density at radius 1 is 1.43 bits per heavy atom. The highest BCUT2D eigenvalue weighted by Gasteiger charge is 2.17. The summed E-state index contributed by atoms with van der Waals surface area (Å²) in [4.78, 5) is 12.8. The Morgan fingerprint density at radius 2 is 2.19 bits per heavy atom. The molecule has 1 aromatic carbocycles. The maximum atomic E-state index is 11.1. The molecule has 0 aliphatic rings. The highest BCUT2D eigenvalue weighted by molar-refractivity contribution is 5.66. The molecule has 1 aromatic heterocycles. The van der Waals surface area contributed by atoms with E-state index in [0.717, 1.165) is 17.7 Å². The molecule has 0 aliphatic carbocycles. The molecule has 2 rings (SSSR count). The first-order valence-electron chi connectivity index (χ1n) is 6.61. The van der Waals surface area contributed by atoms with Crippen LogP contribution >= 0.6 is 0 Å². The summed E-state index contributed by atoms with van der Waals surface area (Å²) >= 11 is 0. The van der Waals surface area contributed by atoms with Gasteiger partial charge in [-0.25, -0.2) is 0 Å². The predicted molar refractivity (Wildman–Crippen MR) is 81.0 cm³/mol. The Morgan fingerprint density at radius 3 is 2.76 bits per heavy atom. The number of nitrogens with one attached hydrogen (secondary N) is 1. The van der Waals surface area contributed by atoms with E-state index in [2.05, 4.69) is 15.3 Å². The summed E-state index contributed by atoms with van der Waals surface area (Å²) in [6.07, 6.45) is 3.78. The third-order valence-corrected chi connectivity index (χ3v) is 3.23. The van der Waals surface area contributed by atoms with E-state index in [9.17, 15) is 10.1 Å². The number of nitro benzene ring substituents is 1. The number of aromatic nitrogens is 2. The second-order valence-electron chi connectivity index (χ2n) is 5.01. The number of benzene rings is 1. The molecule has 0 saturated carbocycles. The van der Waals surface area contributed by atoms with Crippen molar-refractivity contribution in [3.05, 3.63) is 51.8 Å². The number of nitrogens with zero attached hydrogens (tertiary/aromatic N) is 4. The molecule has 0 atom stereocenters. The summed E-state index contributed by atoms with van der Waals surface area (Å²) in [5, 5.41) is 18.1. The van der Waals surface area contributed by atoms with E-state index in [0.29, 0.717) is 12.2 Å². The number of hydrogen-bond donors (Lipinski definition) is 1. The standard InChI is InChI=1S/C14H19N5O2/c1-15-14-12(5-4-6-13(14)19(20)21)10-17(2)8-11-7-16-18(3)9-11/h4-7,9,15H,8,10H2,1-3H3. The van der Waals surface area contributed by atoms with Gasteiger partial charge in [0, 0.05) is 45.0 Å². The van der Waals surface area contributed by atoms with Crippen LogP contribution in [0.1, 0.15) is 11.1 Å². The molecule has 0 amide bonds. The molecule has 0 aliphatic heterocycles. The average molecular weight is 289 g/mol. The first-order valence-corrected chi connectivity index (χ1v) is 6.61. The molecule has 7 heteroatoms. The van der Waals surface area contributed by atoms with Crippen LogP contribution in [0.3, 0.4) is 0 Å². The van der Waals surface area contributed by atoms with Gasteiger partial charge in [0.15, 0.2) is 0 Å². The summed E-state index contributed by atoms with van der Waals surface area (Å²) in [6, 6.07) is 5.13. The van der Waals surface area contributed by atoms with E-state index in [1.165, 1.54) is 6.07 Å².